The van der Waals surface area contributed by atoms with Gasteiger partial charge in [0, 0.05) is 6.08 Å². The average molecular weight is 203 g/mol. The van der Waals surface area contributed by atoms with E-state index < -0.39 is 5.97 Å². The van der Waals surface area contributed by atoms with Crippen molar-refractivity contribution in [3.05, 3.63) is 12.7 Å². The lowest BCUT2D eigenvalue weighted by Gasteiger charge is -2.30. The van der Waals surface area contributed by atoms with Crippen LogP contribution in [0.25, 0.3) is 0 Å². The molecule has 0 aliphatic heterocycles. The molecule has 1 atom stereocenters. The summed E-state index contributed by atoms with van der Waals surface area (Å²) in [5.74, 6) is -0.512. The van der Waals surface area contributed by atoms with Gasteiger partial charge in [-0.3, -0.25) is 0 Å². The SMILES string of the molecule is C=CC(=O)ONC[N+](C)(C)CC(C)O. The predicted molar refractivity (Wildman–Crippen MR) is 52.9 cm³/mol. The summed E-state index contributed by atoms with van der Waals surface area (Å²) in [5, 5.41) is 9.18. The first-order chi connectivity index (χ1) is 6.37. The maximum Gasteiger partial charge on any atom is 0.349 e. The van der Waals surface area contributed by atoms with E-state index in [4.69, 9.17) is 0 Å². The van der Waals surface area contributed by atoms with Crippen molar-refractivity contribution < 1.29 is 19.2 Å². The Morgan fingerprint density at radius 1 is 1.71 bits per heavy atom. The summed E-state index contributed by atoms with van der Waals surface area (Å²) in [4.78, 5) is 15.3. The Kier molecular flexibility index (Phi) is 5.37. The second-order valence-electron chi connectivity index (χ2n) is 3.90. The quantitative estimate of drug-likeness (QED) is 0.268. The Bertz CT molecular complexity index is 202. The van der Waals surface area contributed by atoms with E-state index in [0.29, 0.717) is 17.7 Å². The lowest BCUT2D eigenvalue weighted by molar-refractivity contribution is -0.898. The number of quaternary nitrogens is 1. The lowest BCUT2D eigenvalue weighted by Crippen LogP contribution is -2.50. The van der Waals surface area contributed by atoms with Crippen LogP contribution >= 0.6 is 0 Å². The van der Waals surface area contributed by atoms with Gasteiger partial charge in [-0.1, -0.05) is 6.58 Å². The molecule has 0 rings (SSSR count). The van der Waals surface area contributed by atoms with Crippen molar-refractivity contribution in [3.63, 3.8) is 0 Å². The molecule has 0 aromatic carbocycles. The highest BCUT2D eigenvalue weighted by molar-refractivity contribution is 5.80. The van der Waals surface area contributed by atoms with Crippen molar-refractivity contribution in [1.82, 2.24) is 5.48 Å². The van der Waals surface area contributed by atoms with Crippen LogP contribution in [0.5, 0.6) is 0 Å². The van der Waals surface area contributed by atoms with Gasteiger partial charge in [0.25, 0.3) is 0 Å². The van der Waals surface area contributed by atoms with Crippen molar-refractivity contribution >= 4 is 5.97 Å². The molecule has 0 aliphatic rings. The second-order valence-corrected chi connectivity index (χ2v) is 3.90. The van der Waals surface area contributed by atoms with Gasteiger partial charge in [-0.15, -0.1) is 5.48 Å². The van der Waals surface area contributed by atoms with Gasteiger partial charge in [0.2, 0.25) is 0 Å². The zero-order valence-electron chi connectivity index (χ0n) is 8.99. The fraction of sp³-hybridized carbons (Fsp3) is 0.667. The third-order valence-electron chi connectivity index (χ3n) is 1.59. The number of nitrogens with zero attached hydrogens (tertiary/aromatic N) is 1. The molecular weight excluding hydrogens is 184 g/mol. The zero-order valence-corrected chi connectivity index (χ0v) is 8.99. The topological polar surface area (TPSA) is 58.6 Å². The van der Waals surface area contributed by atoms with Gasteiger partial charge in [-0.25, -0.2) is 4.79 Å². The van der Waals surface area contributed by atoms with E-state index in [2.05, 4.69) is 16.9 Å². The van der Waals surface area contributed by atoms with E-state index in [-0.39, 0.29) is 6.10 Å². The minimum atomic E-state index is -0.512. The maximum atomic E-state index is 10.7. The van der Waals surface area contributed by atoms with E-state index in [1.807, 2.05) is 14.1 Å². The molecule has 0 amide bonds. The summed E-state index contributed by atoms with van der Waals surface area (Å²) in [6.45, 7) is 6.00. The van der Waals surface area contributed by atoms with Crippen LogP contribution in [-0.4, -0.2) is 49.0 Å². The minimum Gasteiger partial charge on any atom is -0.388 e. The van der Waals surface area contributed by atoms with E-state index >= 15 is 0 Å². The van der Waals surface area contributed by atoms with Crippen LogP contribution in [0.4, 0.5) is 0 Å². The highest BCUT2D eigenvalue weighted by atomic mass is 16.7. The van der Waals surface area contributed by atoms with Crippen molar-refractivity contribution in [2.75, 3.05) is 27.3 Å². The number of likely N-dealkylation sites (N-methyl/N-ethyl adjacent to an activating group) is 1. The van der Waals surface area contributed by atoms with E-state index in [9.17, 15) is 9.90 Å². The third kappa shape index (κ3) is 6.59. The zero-order chi connectivity index (χ0) is 11.2. The molecule has 5 nitrogen and oxygen atoms in total. The predicted octanol–water partition coefficient (Wildman–Crippen LogP) is -0.365. The van der Waals surface area contributed by atoms with Gasteiger partial charge in [-0.2, -0.15) is 0 Å². The monoisotopic (exact) mass is 203 g/mol. The van der Waals surface area contributed by atoms with Crippen LogP contribution in [0, 0.1) is 0 Å². The standard InChI is InChI=1S/C9H19N2O3/c1-5-9(13)14-10-7-11(3,4)6-8(2)12/h5,8,10,12H,1,6-7H2,2-4H3/q+1. The Balaban J connectivity index is 3.75. The first-order valence-corrected chi connectivity index (χ1v) is 4.43. The van der Waals surface area contributed by atoms with Gasteiger partial charge in [0.05, 0.1) is 14.1 Å². The molecule has 14 heavy (non-hydrogen) atoms. The van der Waals surface area contributed by atoms with Gasteiger partial charge in [0.1, 0.15) is 12.6 Å². The third-order valence-corrected chi connectivity index (χ3v) is 1.59. The molecule has 0 bridgehead atoms. The van der Waals surface area contributed by atoms with Crippen LogP contribution in [0.2, 0.25) is 0 Å². The summed E-state index contributed by atoms with van der Waals surface area (Å²) in [5.41, 5.74) is 2.52. The molecule has 0 aromatic rings. The van der Waals surface area contributed by atoms with E-state index in [1.54, 1.807) is 6.92 Å². The van der Waals surface area contributed by atoms with Crippen molar-refractivity contribution in [2.45, 2.75) is 13.0 Å². The molecule has 1 unspecified atom stereocenters. The summed E-state index contributed by atoms with van der Waals surface area (Å²) < 4.78 is 0.516. The number of hydrogen-bond donors (Lipinski definition) is 2. The maximum absolute atomic E-state index is 10.7. The Labute approximate surface area is 84.5 Å². The number of carbonyl (C=O) groups is 1. The highest BCUT2D eigenvalue weighted by Gasteiger charge is 2.17. The Morgan fingerprint density at radius 2 is 2.29 bits per heavy atom. The number of aliphatic hydroxyl groups is 1. The first-order valence-electron chi connectivity index (χ1n) is 4.43. The molecule has 0 heterocycles. The van der Waals surface area contributed by atoms with Crippen LogP contribution in [0.15, 0.2) is 12.7 Å². The fourth-order valence-corrected chi connectivity index (χ4v) is 1.10. The molecule has 0 aliphatic carbocycles. The van der Waals surface area contributed by atoms with Crippen molar-refractivity contribution in [1.29, 1.82) is 0 Å². The number of nitrogens with one attached hydrogen (secondary N) is 1. The van der Waals surface area contributed by atoms with Gasteiger partial charge in [-0.05, 0) is 6.92 Å². The molecular formula is C9H19N2O3+. The smallest absolute Gasteiger partial charge is 0.349 e. The van der Waals surface area contributed by atoms with E-state index in [0.717, 1.165) is 6.08 Å². The molecule has 82 valence electrons. The average Bonchev–Trinajstić information content (AvgIpc) is 2.01. The minimum absolute atomic E-state index is 0.387. The van der Waals surface area contributed by atoms with E-state index in [1.165, 1.54) is 0 Å². The van der Waals surface area contributed by atoms with Crippen LogP contribution in [0.1, 0.15) is 6.92 Å². The van der Waals surface area contributed by atoms with Gasteiger partial charge >= 0.3 is 5.97 Å². The summed E-state index contributed by atoms with van der Waals surface area (Å²) in [6.07, 6.45) is 0.698. The summed E-state index contributed by atoms with van der Waals surface area (Å²) in [7, 11) is 3.84. The van der Waals surface area contributed by atoms with Crippen molar-refractivity contribution in [2.24, 2.45) is 0 Å². The fourth-order valence-electron chi connectivity index (χ4n) is 1.10. The molecule has 2 N–H and O–H groups in total. The van der Waals surface area contributed by atoms with Crippen LogP contribution < -0.4 is 5.48 Å². The molecule has 0 spiro atoms. The highest BCUT2D eigenvalue weighted by Crippen LogP contribution is 1.97. The van der Waals surface area contributed by atoms with Crippen molar-refractivity contribution in [3.8, 4) is 0 Å². The van der Waals surface area contributed by atoms with Crippen LogP contribution in [-0.2, 0) is 9.63 Å². The summed E-state index contributed by atoms with van der Waals surface area (Å²) in [6, 6.07) is 0. The second kappa shape index (κ2) is 5.74. The number of aliphatic hydroxyl groups excluding tert-OH is 1. The molecule has 0 radical (unpaired) electrons. The molecule has 0 fully saturated rings. The normalized spacial score (nSPS) is 13.4. The molecule has 0 saturated carbocycles. The first kappa shape index (κ1) is 13.1. The van der Waals surface area contributed by atoms with Gasteiger partial charge in [0.15, 0.2) is 6.67 Å². The number of carbonyl (C=O) groups excluding carboxylic acids is 1. The van der Waals surface area contributed by atoms with Gasteiger partial charge < -0.3 is 14.4 Å². The summed E-state index contributed by atoms with van der Waals surface area (Å²) >= 11 is 0. The lowest BCUT2D eigenvalue weighted by atomic mass is 10.3. The number of hydrogen-bond acceptors (Lipinski definition) is 4. The number of rotatable bonds is 6. The Morgan fingerprint density at radius 3 is 2.71 bits per heavy atom. The number of hydroxylamine groups is 1. The molecule has 5 heteroatoms. The largest absolute Gasteiger partial charge is 0.388 e. The van der Waals surface area contributed by atoms with Crippen LogP contribution in [0.3, 0.4) is 0 Å². The Hall–Kier alpha value is -0.910. The molecule has 0 saturated heterocycles. The molecule has 0 aromatic heterocycles.